The van der Waals surface area contributed by atoms with Crippen LogP contribution in [-0.4, -0.2) is 53.3 Å². The summed E-state index contributed by atoms with van der Waals surface area (Å²) in [7, 11) is 0. The lowest BCUT2D eigenvalue weighted by molar-refractivity contribution is -0.139. The molecule has 1 fully saturated rings. The molecular formula is C10H18N2O4. The number of carbonyl (C=O) groups excluding carboxylic acids is 1. The zero-order chi connectivity index (χ0) is 12.3. The van der Waals surface area contributed by atoms with E-state index >= 15 is 0 Å². The molecular weight excluding hydrogens is 212 g/mol. The molecule has 1 aliphatic heterocycles. The van der Waals surface area contributed by atoms with Gasteiger partial charge in [0.1, 0.15) is 5.60 Å². The predicted octanol–water partition coefficient (Wildman–Crippen LogP) is 0.280. The van der Waals surface area contributed by atoms with Gasteiger partial charge >= 0.3 is 12.1 Å². The molecule has 0 aliphatic carbocycles. The maximum absolute atomic E-state index is 11.3. The fraction of sp³-hybridized carbons (Fsp3) is 0.800. The summed E-state index contributed by atoms with van der Waals surface area (Å²) in [6.07, 6.45) is -0.451. The lowest BCUT2D eigenvalue weighted by atomic mass is 10.1. The van der Waals surface area contributed by atoms with Crippen LogP contribution < -0.4 is 5.32 Å². The van der Waals surface area contributed by atoms with Crippen LogP contribution in [0.4, 0.5) is 4.79 Å². The van der Waals surface area contributed by atoms with Crippen molar-refractivity contribution in [2.24, 2.45) is 0 Å². The van der Waals surface area contributed by atoms with E-state index in [2.05, 4.69) is 5.32 Å². The molecule has 1 rings (SSSR count). The van der Waals surface area contributed by atoms with Gasteiger partial charge in [-0.1, -0.05) is 0 Å². The lowest BCUT2D eigenvalue weighted by Crippen LogP contribution is -2.60. The second-order valence-electron chi connectivity index (χ2n) is 4.93. The third kappa shape index (κ3) is 4.48. The maximum Gasteiger partial charge on any atom is 0.407 e. The van der Waals surface area contributed by atoms with Gasteiger partial charge in [0.2, 0.25) is 0 Å². The number of nitrogens with one attached hydrogen (secondary N) is 1. The highest BCUT2D eigenvalue weighted by Gasteiger charge is 2.30. The van der Waals surface area contributed by atoms with E-state index in [1.807, 2.05) is 0 Å². The third-order valence-electron chi connectivity index (χ3n) is 2.04. The average molecular weight is 230 g/mol. The van der Waals surface area contributed by atoms with Crippen molar-refractivity contribution in [2.75, 3.05) is 19.6 Å². The molecule has 2 N–H and O–H groups in total. The van der Waals surface area contributed by atoms with Gasteiger partial charge in [0.05, 0.1) is 12.6 Å². The van der Waals surface area contributed by atoms with Crippen molar-refractivity contribution in [3.63, 3.8) is 0 Å². The standard InChI is InChI=1S/C10H18N2O4/c1-10(2,3)16-9(15)11-7-4-12(5-7)6-8(13)14/h7H,4-6H2,1-3H3,(H,11,15)(H,13,14). The number of hydrogen-bond acceptors (Lipinski definition) is 4. The van der Waals surface area contributed by atoms with Crippen LogP contribution in [0.1, 0.15) is 20.8 Å². The Kier molecular flexibility index (Phi) is 3.74. The number of carboxylic acid groups (broad SMARTS) is 1. The zero-order valence-electron chi connectivity index (χ0n) is 9.82. The normalized spacial score (nSPS) is 17.7. The second kappa shape index (κ2) is 4.69. The predicted molar refractivity (Wildman–Crippen MR) is 57.2 cm³/mol. The van der Waals surface area contributed by atoms with Crippen LogP contribution in [-0.2, 0) is 9.53 Å². The fourth-order valence-electron chi connectivity index (χ4n) is 1.46. The molecule has 0 saturated carbocycles. The molecule has 16 heavy (non-hydrogen) atoms. The van der Waals surface area contributed by atoms with Crippen LogP contribution in [0.15, 0.2) is 0 Å². The highest BCUT2D eigenvalue weighted by atomic mass is 16.6. The number of alkyl carbamates (subject to hydrolysis) is 1. The lowest BCUT2D eigenvalue weighted by Gasteiger charge is -2.38. The quantitative estimate of drug-likeness (QED) is 0.728. The fourth-order valence-corrected chi connectivity index (χ4v) is 1.46. The van der Waals surface area contributed by atoms with Crippen LogP contribution >= 0.6 is 0 Å². The van der Waals surface area contributed by atoms with E-state index in [0.717, 1.165) is 0 Å². The number of hydrogen-bond donors (Lipinski definition) is 2. The molecule has 0 aromatic rings. The summed E-state index contributed by atoms with van der Waals surface area (Å²) in [5.74, 6) is -0.851. The van der Waals surface area contributed by atoms with Crippen molar-refractivity contribution >= 4 is 12.1 Å². The van der Waals surface area contributed by atoms with E-state index in [0.29, 0.717) is 13.1 Å². The van der Waals surface area contributed by atoms with Gasteiger partial charge in [-0.3, -0.25) is 9.69 Å². The van der Waals surface area contributed by atoms with E-state index in [-0.39, 0.29) is 12.6 Å². The largest absolute Gasteiger partial charge is 0.480 e. The Morgan fingerprint density at radius 3 is 2.44 bits per heavy atom. The van der Waals surface area contributed by atoms with E-state index in [4.69, 9.17) is 9.84 Å². The third-order valence-corrected chi connectivity index (χ3v) is 2.04. The number of ether oxygens (including phenoxy) is 1. The number of amides is 1. The molecule has 92 valence electrons. The molecule has 0 atom stereocenters. The number of carbonyl (C=O) groups is 2. The smallest absolute Gasteiger partial charge is 0.407 e. The Hall–Kier alpha value is -1.30. The van der Waals surface area contributed by atoms with Gasteiger partial charge in [0.15, 0.2) is 0 Å². The van der Waals surface area contributed by atoms with Crippen molar-refractivity contribution in [1.29, 1.82) is 0 Å². The molecule has 6 nitrogen and oxygen atoms in total. The Labute approximate surface area is 94.6 Å². The van der Waals surface area contributed by atoms with Gasteiger partial charge in [0.25, 0.3) is 0 Å². The van der Waals surface area contributed by atoms with Crippen LogP contribution in [0.5, 0.6) is 0 Å². The molecule has 1 saturated heterocycles. The molecule has 0 bridgehead atoms. The van der Waals surface area contributed by atoms with Gasteiger partial charge in [-0.15, -0.1) is 0 Å². The molecule has 1 aliphatic rings. The minimum absolute atomic E-state index is 0.00537. The van der Waals surface area contributed by atoms with Gasteiger partial charge in [-0.05, 0) is 20.8 Å². The molecule has 0 aromatic heterocycles. The molecule has 0 unspecified atom stereocenters. The van der Waals surface area contributed by atoms with Gasteiger partial charge < -0.3 is 15.2 Å². The highest BCUT2D eigenvalue weighted by Crippen LogP contribution is 2.10. The van der Waals surface area contributed by atoms with Crippen molar-refractivity contribution in [1.82, 2.24) is 10.2 Å². The number of rotatable bonds is 3. The summed E-state index contributed by atoms with van der Waals surface area (Å²) in [4.78, 5) is 23.4. The van der Waals surface area contributed by atoms with E-state index in [1.54, 1.807) is 25.7 Å². The van der Waals surface area contributed by atoms with Crippen LogP contribution in [0, 0.1) is 0 Å². The zero-order valence-corrected chi connectivity index (χ0v) is 9.82. The SMILES string of the molecule is CC(C)(C)OC(=O)NC1CN(CC(=O)O)C1. The molecule has 0 spiro atoms. The second-order valence-corrected chi connectivity index (χ2v) is 4.93. The summed E-state index contributed by atoms with van der Waals surface area (Å²) in [6.45, 7) is 6.53. The van der Waals surface area contributed by atoms with Crippen LogP contribution in [0.3, 0.4) is 0 Å². The molecule has 0 aromatic carbocycles. The number of likely N-dealkylation sites (tertiary alicyclic amines) is 1. The number of carboxylic acids is 1. The molecule has 6 heteroatoms. The Morgan fingerprint density at radius 1 is 1.44 bits per heavy atom. The summed E-state index contributed by atoms with van der Waals surface area (Å²) in [5.41, 5.74) is -0.505. The first-order valence-electron chi connectivity index (χ1n) is 5.20. The highest BCUT2D eigenvalue weighted by molar-refractivity contribution is 5.70. The topological polar surface area (TPSA) is 78.9 Å². The first kappa shape index (κ1) is 12.8. The Morgan fingerprint density at radius 2 is 2.00 bits per heavy atom. The van der Waals surface area contributed by atoms with Gasteiger partial charge in [0, 0.05) is 13.1 Å². The summed E-state index contributed by atoms with van der Waals surface area (Å²) < 4.78 is 5.08. The molecule has 1 heterocycles. The Balaban J connectivity index is 2.17. The minimum atomic E-state index is -0.851. The molecule has 1 amide bonds. The van der Waals surface area contributed by atoms with Crippen LogP contribution in [0.2, 0.25) is 0 Å². The van der Waals surface area contributed by atoms with Crippen LogP contribution in [0.25, 0.3) is 0 Å². The minimum Gasteiger partial charge on any atom is -0.480 e. The van der Waals surface area contributed by atoms with Crippen molar-refractivity contribution in [3.8, 4) is 0 Å². The van der Waals surface area contributed by atoms with E-state index in [9.17, 15) is 9.59 Å². The number of aliphatic carboxylic acids is 1. The first-order chi connectivity index (χ1) is 7.26. The summed E-state index contributed by atoms with van der Waals surface area (Å²) in [5, 5.41) is 11.2. The maximum atomic E-state index is 11.3. The van der Waals surface area contributed by atoms with Gasteiger partial charge in [-0.25, -0.2) is 4.79 Å². The monoisotopic (exact) mass is 230 g/mol. The Bertz CT molecular complexity index is 279. The average Bonchev–Trinajstić information content (AvgIpc) is 1.95. The van der Waals surface area contributed by atoms with E-state index in [1.165, 1.54) is 0 Å². The molecule has 0 radical (unpaired) electrons. The van der Waals surface area contributed by atoms with E-state index < -0.39 is 17.7 Å². The summed E-state index contributed by atoms with van der Waals surface area (Å²) >= 11 is 0. The van der Waals surface area contributed by atoms with Crippen molar-refractivity contribution in [2.45, 2.75) is 32.4 Å². The van der Waals surface area contributed by atoms with Gasteiger partial charge in [-0.2, -0.15) is 0 Å². The summed E-state index contributed by atoms with van der Waals surface area (Å²) in [6, 6.07) is -0.00537. The van der Waals surface area contributed by atoms with Crippen molar-refractivity contribution in [3.05, 3.63) is 0 Å². The number of nitrogens with zero attached hydrogens (tertiary/aromatic N) is 1. The van der Waals surface area contributed by atoms with Crippen molar-refractivity contribution < 1.29 is 19.4 Å². The first-order valence-corrected chi connectivity index (χ1v) is 5.20.